The van der Waals surface area contributed by atoms with Crippen molar-refractivity contribution in [1.29, 1.82) is 0 Å². The highest BCUT2D eigenvalue weighted by Crippen LogP contribution is 2.32. The molecule has 9 heteroatoms. The average Bonchev–Trinajstić information content (AvgIpc) is 3.43. The Morgan fingerprint density at radius 2 is 1.79 bits per heavy atom. The van der Waals surface area contributed by atoms with Gasteiger partial charge in [-0.05, 0) is 79.4 Å². The molecule has 5 rings (SSSR count). The maximum absolute atomic E-state index is 13.7. The monoisotopic (exact) mass is 529 g/mol. The van der Waals surface area contributed by atoms with Crippen molar-refractivity contribution in [2.24, 2.45) is 0 Å². The second-order valence-corrected chi connectivity index (χ2v) is 11.2. The Morgan fingerprint density at radius 1 is 1.05 bits per heavy atom. The second-order valence-electron chi connectivity index (χ2n) is 11.2. The molecule has 2 aromatic carbocycles. The van der Waals surface area contributed by atoms with Crippen LogP contribution in [0.5, 0.6) is 5.75 Å². The van der Waals surface area contributed by atoms with Crippen molar-refractivity contribution in [1.82, 2.24) is 35.0 Å². The van der Waals surface area contributed by atoms with E-state index in [-0.39, 0.29) is 17.1 Å². The molecule has 2 aromatic heterocycles. The van der Waals surface area contributed by atoms with Crippen LogP contribution in [0.1, 0.15) is 61.3 Å². The number of ether oxygens (including phenoxy) is 1. The molecule has 1 saturated heterocycles. The van der Waals surface area contributed by atoms with E-state index in [0.717, 1.165) is 66.9 Å². The molecule has 4 aromatic rings. The van der Waals surface area contributed by atoms with Gasteiger partial charge in [-0.25, -0.2) is 4.68 Å². The zero-order valence-electron chi connectivity index (χ0n) is 23.9. The van der Waals surface area contributed by atoms with Gasteiger partial charge in [-0.2, -0.15) is 0 Å². The largest absolute Gasteiger partial charge is 0.497 e. The summed E-state index contributed by atoms with van der Waals surface area (Å²) in [4.78, 5) is 21.7. The van der Waals surface area contributed by atoms with Crippen molar-refractivity contribution >= 4 is 10.9 Å². The predicted octanol–water partition coefficient (Wildman–Crippen LogP) is 4.19. The Hall–Kier alpha value is -3.56. The van der Waals surface area contributed by atoms with Gasteiger partial charge in [0.05, 0.1) is 18.2 Å². The lowest BCUT2D eigenvalue weighted by molar-refractivity contribution is 0.0968. The molecule has 0 radical (unpaired) electrons. The van der Waals surface area contributed by atoms with Gasteiger partial charge in [0.2, 0.25) is 0 Å². The lowest BCUT2D eigenvalue weighted by atomic mass is 9.97. The van der Waals surface area contributed by atoms with Crippen LogP contribution in [0.2, 0.25) is 0 Å². The van der Waals surface area contributed by atoms with Crippen molar-refractivity contribution in [2.75, 3.05) is 33.3 Å². The highest BCUT2D eigenvalue weighted by atomic mass is 16.5. The van der Waals surface area contributed by atoms with Crippen molar-refractivity contribution in [3.8, 4) is 5.75 Å². The average molecular weight is 530 g/mol. The number of aryl methyl sites for hydroxylation is 2. The van der Waals surface area contributed by atoms with Crippen LogP contribution in [0.15, 0.2) is 47.3 Å². The molecule has 0 saturated carbocycles. The number of piperazine rings is 1. The van der Waals surface area contributed by atoms with E-state index in [0.29, 0.717) is 11.4 Å². The Bertz CT molecular complexity index is 1520. The summed E-state index contributed by atoms with van der Waals surface area (Å²) in [7, 11) is 1.70. The Morgan fingerprint density at radius 3 is 2.51 bits per heavy atom. The number of nitrogens with one attached hydrogen (secondary N) is 1. The molecule has 1 atom stereocenters. The molecular formula is C30H39N7O2. The summed E-state index contributed by atoms with van der Waals surface area (Å²) in [6, 6.07) is 14.1. The molecule has 0 amide bonds. The molecule has 0 spiro atoms. The molecular weight excluding hydrogens is 490 g/mol. The first-order chi connectivity index (χ1) is 18.7. The summed E-state index contributed by atoms with van der Waals surface area (Å²) < 4.78 is 7.32. The van der Waals surface area contributed by atoms with E-state index in [1.807, 2.05) is 23.7 Å². The normalized spacial score (nSPS) is 16.1. The highest BCUT2D eigenvalue weighted by Gasteiger charge is 2.35. The van der Waals surface area contributed by atoms with Crippen molar-refractivity contribution in [2.45, 2.75) is 59.2 Å². The fourth-order valence-corrected chi connectivity index (χ4v) is 5.45. The van der Waals surface area contributed by atoms with Crippen LogP contribution in [-0.2, 0) is 12.1 Å². The van der Waals surface area contributed by atoms with Crippen LogP contribution in [-0.4, -0.2) is 68.3 Å². The van der Waals surface area contributed by atoms with Crippen LogP contribution in [0, 0.1) is 13.8 Å². The molecule has 206 valence electrons. The van der Waals surface area contributed by atoms with Gasteiger partial charge in [0.1, 0.15) is 11.8 Å². The SMILES string of the molecule is CCC(C)(C)n1nnnc1[C@H](c1cc2c(C)ccc(C)c2[nH]c1=O)N1CCN(Cc2cccc(OC)c2)CC1. The molecule has 3 heterocycles. The van der Waals surface area contributed by atoms with Crippen molar-refractivity contribution < 1.29 is 4.74 Å². The maximum atomic E-state index is 13.7. The van der Waals surface area contributed by atoms with Gasteiger partial charge in [-0.15, -0.1) is 5.10 Å². The quantitative estimate of drug-likeness (QED) is 0.366. The zero-order valence-corrected chi connectivity index (χ0v) is 23.9. The summed E-state index contributed by atoms with van der Waals surface area (Å²) in [6.07, 6.45) is 0.860. The number of nitrogens with zero attached hydrogens (tertiary/aromatic N) is 6. The third kappa shape index (κ3) is 5.33. The second kappa shape index (κ2) is 10.9. The van der Waals surface area contributed by atoms with E-state index in [4.69, 9.17) is 4.74 Å². The number of fused-ring (bicyclic) bond motifs is 1. The minimum absolute atomic E-state index is 0.0936. The lowest BCUT2D eigenvalue weighted by Gasteiger charge is -2.39. The topological polar surface area (TPSA) is 92.2 Å². The number of aromatic amines is 1. The number of H-pyrrole nitrogens is 1. The van der Waals surface area contributed by atoms with E-state index < -0.39 is 0 Å². The summed E-state index contributed by atoms with van der Waals surface area (Å²) in [5, 5.41) is 14.1. The first-order valence-electron chi connectivity index (χ1n) is 13.7. The third-order valence-corrected chi connectivity index (χ3v) is 8.26. The molecule has 0 bridgehead atoms. The van der Waals surface area contributed by atoms with Gasteiger partial charge >= 0.3 is 0 Å². The number of hydrogen-bond acceptors (Lipinski definition) is 7. The minimum atomic E-state index is -0.363. The Kier molecular flexibility index (Phi) is 7.55. The van der Waals surface area contributed by atoms with E-state index in [2.05, 4.69) is 88.3 Å². The van der Waals surface area contributed by atoms with Crippen LogP contribution >= 0.6 is 0 Å². The number of tetrazole rings is 1. The predicted molar refractivity (Wildman–Crippen MR) is 153 cm³/mol. The fraction of sp³-hybridized carbons (Fsp3) is 0.467. The number of hydrogen-bond donors (Lipinski definition) is 1. The van der Waals surface area contributed by atoms with Gasteiger partial charge < -0.3 is 9.72 Å². The number of benzene rings is 2. The van der Waals surface area contributed by atoms with Gasteiger partial charge in [0, 0.05) is 43.7 Å². The highest BCUT2D eigenvalue weighted by molar-refractivity contribution is 5.85. The molecule has 39 heavy (non-hydrogen) atoms. The molecule has 0 unspecified atom stereocenters. The van der Waals surface area contributed by atoms with Gasteiger partial charge in [-0.3, -0.25) is 14.6 Å². The van der Waals surface area contributed by atoms with Gasteiger partial charge in [0.15, 0.2) is 5.82 Å². The number of aromatic nitrogens is 5. The number of rotatable bonds is 8. The molecule has 0 aliphatic carbocycles. The summed E-state index contributed by atoms with van der Waals surface area (Å²) in [5.41, 5.74) is 4.59. The van der Waals surface area contributed by atoms with Crippen LogP contribution in [0.4, 0.5) is 0 Å². The summed E-state index contributed by atoms with van der Waals surface area (Å²) in [5.74, 6) is 1.58. The van der Waals surface area contributed by atoms with Crippen LogP contribution in [0.3, 0.4) is 0 Å². The van der Waals surface area contributed by atoms with Gasteiger partial charge in [-0.1, -0.05) is 31.2 Å². The van der Waals surface area contributed by atoms with E-state index in [1.54, 1.807) is 7.11 Å². The number of pyridine rings is 1. The molecule has 1 aliphatic rings. The fourth-order valence-electron chi connectivity index (χ4n) is 5.45. The van der Waals surface area contributed by atoms with Gasteiger partial charge in [0.25, 0.3) is 5.56 Å². The standard InChI is InChI=1S/C30H39N7O2/c1-7-30(4,5)37-28(32-33-34-37)27(25-18-24-20(2)11-12-21(3)26(24)31-29(25)38)36-15-13-35(14-16-36)19-22-9-8-10-23(17-22)39-6/h8-12,17-18,27H,7,13-16,19H2,1-6H3,(H,31,38)/t27-/m0/s1. The van der Waals surface area contributed by atoms with E-state index >= 15 is 0 Å². The maximum Gasteiger partial charge on any atom is 0.253 e. The Labute approximate surface area is 229 Å². The Balaban J connectivity index is 1.52. The van der Waals surface area contributed by atoms with Crippen molar-refractivity contribution in [3.63, 3.8) is 0 Å². The first kappa shape index (κ1) is 27.0. The zero-order chi connectivity index (χ0) is 27.7. The summed E-state index contributed by atoms with van der Waals surface area (Å²) >= 11 is 0. The summed E-state index contributed by atoms with van der Waals surface area (Å²) in [6.45, 7) is 14.7. The number of methoxy groups -OCH3 is 1. The van der Waals surface area contributed by atoms with E-state index in [1.165, 1.54) is 5.56 Å². The molecule has 9 nitrogen and oxygen atoms in total. The molecule has 1 fully saturated rings. The third-order valence-electron chi connectivity index (χ3n) is 8.26. The van der Waals surface area contributed by atoms with E-state index in [9.17, 15) is 4.79 Å². The van der Waals surface area contributed by atoms with Crippen molar-refractivity contribution in [3.05, 3.63) is 80.9 Å². The smallest absolute Gasteiger partial charge is 0.253 e. The lowest BCUT2D eigenvalue weighted by Crippen LogP contribution is -2.49. The first-order valence-corrected chi connectivity index (χ1v) is 13.7. The van der Waals surface area contributed by atoms with Crippen LogP contribution in [0.25, 0.3) is 10.9 Å². The van der Waals surface area contributed by atoms with Crippen LogP contribution < -0.4 is 10.3 Å². The minimum Gasteiger partial charge on any atom is -0.497 e. The molecule has 1 aliphatic heterocycles. The molecule has 1 N–H and O–H groups in total.